The largest absolute Gasteiger partial charge is 0.351 e. The number of amides is 2. The van der Waals surface area contributed by atoms with E-state index in [9.17, 15) is 9.59 Å². The molecule has 2 aliphatic rings. The van der Waals surface area contributed by atoms with E-state index in [1.165, 1.54) is 23.8 Å². The van der Waals surface area contributed by atoms with Crippen LogP contribution in [0.5, 0.6) is 0 Å². The van der Waals surface area contributed by atoms with Crippen LogP contribution in [0.25, 0.3) is 21.9 Å². The molecule has 1 atom stereocenters. The van der Waals surface area contributed by atoms with Crippen molar-refractivity contribution >= 4 is 22.6 Å². The molecular formula is C45H50N4O2. The second-order valence-corrected chi connectivity index (χ2v) is 14.3. The van der Waals surface area contributed by atoms with Crippen molar-refractivity contribution in [3.8, 4) is 11.1 Å². The Morgan fingerprint density at radius 2 is 1.45 bits per heavy atom. The van der Waals surface area contributed by atoms with Gasteiger partial charge < -0.3 is 15.1 Å². The number of carbonyl (C=O) groups is 2. The maximum atomic E-state index is 14.5. The zero-order valence-electron chi connectivity index (χ0n) is 29.8. The summed E-state index contributed by atoms with van der Waals surface area (Å²) in [5.41, 5.74) is 6.02. The smallest absolute Gasteiger partial charge is 0.251 e. The molecular weight excluding hydrogens is 629 g/mol. The van der Waals surface area contributed by atoms with Gasteiger partial charge in [0.15, 0.2) is 0 Å². The third kappa shape index (κ3) is 8.58. The Balaban J connectivity index is 1.11. The van der Waals surface area contributed by atoms with Gasteiger partial charge in [-0.25, -0.2) is 0 Å². The van der Waals surface area contributed by atoms with E-state index >= 15 is 0 Å². The minimum atomic E-state index is -0.134. The number of rotatable bonds is 12. The topological polar surface area (TPSA) is 55.9 Å². The summed E-state index contributed by atoms with van der Waals surface area (Å²) in [6, 6.07) is 41.7. The first kappa shape index (κ1) is 34.7. The second kappa shape index (κ2) is 16.5. The van der Waals surface area contributed by atoms with E-state index < -0.39 is 0 Å². The quantitative estimate of drug-likeness (QED) is 0.145. The molecule has 2 saturated heterocycles. The van der Waals surface area contributed by atoms with Gasteiger partial charge >= 0.3 is 0 Å². The van der Waals surface area contributed by atoms with Gasteiger partial charge in [0, 0.05) is 44.3 Å². The number of fused-ring (bicyclic) bond motifs is 1. The predicted molar refractivity (Wildman–Crippen MR) is 208 cm³/mol. The summed E-state index contributed by atoms with van der Waals surface area (Å²) >= 11 is 0. The number of hydrogen-bond donors (Lipinski definition) is 1. The van der Waals surface area contributed by atoms with Crippen LogP contribution >= 0.6 is 0 Å². The molecule has 1 unspecified atom stereocenters. The molecule has 2 amide bonds. The summed E-state index contributed by atoms with van der Waals surface area (Å²) in [4.78, 5) is 35.0. The number of hydrogen-bond acceptors (Lipinski definition) is 4. The average Bonchev–Trinajstić information content (AvgIpc) is 3.70. The highest BCUT2D eigenvalue weighted by Crippen LogP contribution is 2.33. The van der Waals surface area contributed by atoms with E-state index in [-0.39, 0.29) is 23.9 Å². The van der Waals surface area contributed by atoms with Crippen LogP contribution < -0.4 is 5.32 Å². The normalized spacial score (nSPS) is 16.3. The summed E-state index contributed by atoms with van der Waals surface area (Å²) in [5.74, 6) is 0.111. The van der Waals surface area contributed by atoms with Crippen molar-refractivity contribution in [3.63, 3.8) is 0 Å². The maximum Gasteiger partial charge on any atom is 0.251 e. The van der Waals surface area contributed by atoms with Gasteiger partial charge in [0.25, 0.3) is 5.91 Å². The fourth-order valence-electron chi connectivity index (χ4n) is 8.04. The number of nitrogens with one attached hydrogen (secondary N) is 1. The van der Waals surface area contributed by atoms with Crippen LogP contribution in [0, 0.1) is 0 Å². The minimum absolute atomic E-state index is 0.0438. The van der Waals surface area contributed by atoms with Crippen LogP contribution in [0.1, 0.15) is 65.7 Å². The second-order valence-electron chi connectivity index (χ2n) is 14.3. The lowest BCUT2D eigenvalue weighted by Crippen LogP contribution is -2.48. The molecule has 0 radical (unpaired) electrons. The number of benzene rings is 5. The first-order valence-electron chi connectivity index (χ1n) is 18.8. The molecule has 262 valence electrons. The number of nitrogens with zero attached hydrogens (tertiary/aromatic N) is 3. The van der Waals surface area contributed by atoms with E-state index in [1.54, 1.807) is 0 Å². The molecule has 51 heavy (non-hydrogen) atoms. The molecule has 2 aliphatic heterocycles. The lowest BCUT2D eigenvalue weighted by atomic mass is 9.93. The number of likely N-dealkylation sites (tertiary alicyclic amines) is 2. The lowest BCUT2D eigenvalue weighted by molar-refractivity contribution is -0.136. The average molecular weight is 679 g/mol. The third-order valence-corrected chi connectivity index (χ3v) is 10.8. The minimum Gasteiger partial charge on any atom is -0.351 e. The monoisotopic (exact) mass is 678 g/mol. The Labute approximate surface area is 303 Å². The van der Waals surface area contributed by atoms with Gasteiger partial charge in [0.05, 0.1) is 12.5 Å². The molecule has 0 saturated carbocycles. The van der Waals surface area contributed by atoms with E-state index in [0.717, 1.165) is 79.8 Å². The predicted octanol–water partition coefficient (Wildman–Crippen LogP) is 8.13. The fraction of sp³-hybridized carbons (Fsp3) is 0.333. The molecule has 5 aromatic carbocycles. The van der Waals surface area contributed by atoms with E-state index in [1.807, 2.05) is 24.3 Å². The Kier molecular flexibility index (Phi) is 11.2. The van der Waals surface area contributed by atoms with Crippen molar-refractivity contribution in [2.24, 2.45) is 0 Å². The fourth-order valence-corrected chi connectivity index (χ4v) is 8.04. The highest BCUT2D eigenvalue weighted by Gasteiger charge is 2.32. The Morgan fingerprint density at radius 3 is 2.25 bits per heavy atom. The van der Waals surface area contributed by atoms with Crippen molar-refractivity contribution in [3.05, 3.63) is 144 Å². The maximum absolute atomic E-state index is 14.5. The highest BCUT2D eigenvalue weighted by atomic mass is 16.2. The molecule has 7 rings (SSSR count). The Hall–Kier alpha value is -4.78. The summed E-state index contributed by atoms with van der Waals surface area (Å²) in [7, 11) is 0. The summed E-state index contributed by atoms with van der Waals surface area (Å²) in [5, 5.41) is 5.50. The molecule has 0 aromatic heterocycles. The first-order valence-corrected chi connectivity index (χ1v) is 18.8. The van der Waals surface area contributed by atoms with Crippen LogP contribution in [-0.4, -0.2) is 71.8 Å². The van der Waals surface area contributed by atoms with Gasteiger partial charge in [-0.15, -0.1) is 0 Å². The highest BCUT2D eigenvalue weighted by molar-refractivity contribution is 6.01. The molecule has 0 bridgehead atoms. The summed E-state index contributed by atoms with van der Waals surface area (Å²) in [6.45, 7) is 8.76. The molecule has 0 spiro atoms. The summed E-state index contributed by atoms with van der Waals surface area (Å²) in [6.07, 6.45) is 4.71. The molecule has 5 aromatic rings. The van der Waals surface area contributed by atoms with Crippen molar-refractivity contribution in [1.29, 1.82) is 0 Å². The zero-order chi connectivity index (χ0) is 35.0. The third-order valence-electron chi connectivity index (χ3n) is 10.8. The Bertz CT molecular complexity index is 1930. The van der Waals surface area contributed by atoms with Crippen LogP contribution in [0.3, 0.4) is 0 Å². The van der Waals surface area contributed by atoms with Crippen LogP contribution in [-0.2, 0) is 17.8 Å². The van der Waals surface area contributed by atoms with Crippen LogP contribution in [0.4, 0.5) is 0 Å². The molecule has 6 heteroatoms. The van der Waals surface area contributed by atoms with Crippen molar-refractivity contribution in [1.82, 2.24) is 20.0 Å². The lowest BCUT2D eigenvalue weighted by Gasteiger charge is -2.42. The molecule has 1 N–H and O–H groups in total. The van der Waals surface area contributed by atoms with E-state index in [4.69, 9.17) is 0 Å². The standard InChI is InChI=1S/C45H50N4O2/c1-34(38-16-11-17-40(32-38)42-18-7-8-19-43(42)45(51)46-24-29-47-25-9-10-26-47)49(41-22-27-48(28-23-41)33-35-12-3-2-4-13-35)44(50)31-36-20-21-37-14-5-6-15-39(37)30-36/h2-8,11-21,30,32,34,41H,9-10,22-29,31,33H2,1H3,(H,46,51). The van der Waals surface area contributed by atoms with Gasteiger partial charge in [0.2, 0.25) is 5.91 Å². The van der Waals surface area contributed by atoms with Gasteiger partial charge in [-0.1, -0.05) is 109 Å². The van der Waals surface area contributed by atoms with E-state index in [2.05, 4.69) is 124 Å². The van der Waals surface area contributed by atoms with Crippen LogP contribution in [0.15, 0.2) is 121 Å². The van der Waals surface area contributed by atoms with Gasteiger partial charge in [-0.05, 0) is 96.4 Å². The van der Waals surface area contributed by atoms with Gasteiger partial charge in [0.1, 0.15) is 0 Å². The molecule has 0 aliphatic carbocycles. The summed E-state index contributed by atoms with van der Waals surface area (Å²) < 4.78 is 0. The number of carbonyl (C=O) groups excluding carboxylic acids is 2. The SMILES string of the molecule is CC(c1cccc(-c2ccccc2C(=O)NCCN2CCCC2)c1)N(C(=O)Cc1ccc2ccccc2c1)C1CCN(Cc2ccccc2)CC1. The van der Waals surface area contributed by atoms with Crippen LogP contribution in [0.2, 0.25) is 0 Å². The van der Waals surface area contributed by atoms with Crippen molar-refractivity contribution in [2.75, 3.05) is 39.3 Å². The molecule has 6 nitrogen and oxygen atoms in total. The molecule has 2 fully saturated rings. The zero-order valence-corrected chi connectivity index (χ0v) is 29.8. The number of piperidine rings is 1. The molecule has 2 heterocycles. The van der Waals surface area contributed by atoms with Crippen molar-refractivity contribution < 1.29 is 9.59 Å². The Morgan fingerprint density at radius 1 is 0.725 bits per heavy atom. The first-order chi connectivity index (χ1) is 25.0. The van der Waals surface area contributed by atoms with Crippen molar-refractivity contribution in [2.45, 2.75) is 57.7 Å². The van der Waals surface area contributed by atoms with Gasteiger partial charge in [-0.3, -0.25) is 14.5 Å². The van der Waals surface area contributed by atoms with Gasteiger partial charge in [-0.2, -0.15) is 0 Å². The van der Waals surface area contributed by atoms with E-state index in [0.29, 0.717) is 18.5 Å².